The van der Waals surface area contributed by atoms with Crippen molar-refractivity contribution in [1.29, 1.82) is 0 Å². The molecule has 118 valence electrons. The standard InChI is InChI=1S/C14H16N2O5S/c1-2-13(17)20-14(15)12(9-6-10-16-14)21-22(18,19)11-7-4-3-5-8-11/h3-10,16H,2,15H2,1H3. The van der Waals surface area contributed by atoms with Gasteiger partial charge in [0.1, 0.15) is 4.90 Å². The highest BCUT2D eigenvalue weighted by atomic mass is 32.2. The lowest BCUT2D eigenvalue weighted by Crippen LogP contribution is -2.57. The van der Waals surface area contributed by atoms with Gasteiger partial charge in [0.15, 0.2) is 0 Å². The van der Waals surface area contributed by atoms with Gasteiger partial charge in [-0.3, -0.25) is 10.5 Å². The molecule has 0 amide bonds. The van der Waals surface area contributed by atoms with E-state index in [2.05, 4.69) is 5.32 Å². The summed E-state index contributed by atoms with van der Waals surface area (Å²) in [6.45, 7) is 1.59. The molecule has 0 saturated carbocycles. The molecule has 1 heterocycles. The summed E-state index contributed by atoms with van der Waals surface area (Å²) >= 11 is 0. The number of esters is 1. The van der Waals surface area contributed by atoms with Gasteiger partial charge in [0.2, 0.25) is 5.76 Å². The van der Waals surface area contributed by atoms with Crippen LogP contribution in [0.5, 0.6) is 0 Å². The second kappa shape index (κ2) is 6.20. The molecule has 0 spiro atoms. The molecule has 1 aromatic carbocycles. The fraction of sp³-hybridized carbons (Fsp3) is 0.214. The van der Waals surface area contributed by atoms with Crippen LogP contribution in [0.15, 0.2) is 59.3 Å². The lowest BCUT2D eigenvalue weighted by atomic mass is 10.2. The Kier molecular flexibility index (Phi) is 4.53. The van der Waals surface area contributed by atoms with E-state index in [1.54, 1.807) is 25.1 Å². The monoisotopic (exact) mass is 324 g/mol. The summed E-state index contributed by atoms with van der Waals surface area (Å²) in [6.07, 6.45) is 4.31. The molecule has 0 aromatic heterocycles. The van der Waals surface area contributed by atoms with Crippen molar-refractivity contribution in [3.05, 3.63) is 54.4 Å². The van der Waals surface area contributed by atoms with Crippen LogP contribution in [0.2, 0.25) is 0 Å². The Hall–Kier alpha value is -2.32. The molecular weight excluding hydrogens is 308 g/mol. The van der Waals surface area contributed by atoms with Crippen LogP contribution in [-0.4, -0.2) is 20.2 Å². The first-order chi connectivity index (χ1) is 10.4. The number of nitrogens with one attached hydrogen (secondary N) is 1. The number of benzene rings is 1. The minimum absolute atomic E-state index is 0.0328. The lowest BCUT2D eigenvalue weighted by Gasteiger charge is -2.32. The Labute approximate surface area is 128 Å². The van der Waals surface area contributed by atoms with Gasteiger partial charge in [-0.15, -0.1) is 0 Å². The molecule has 1 unspecified atom stereocenters. The Morgan fingerprint density at radius 3 is 2.64 bits per heavy atom. The van der Waals surface area contributed by atoms with Gasteiger partial charge < -0.3 is 14.2 Å². The summed E-state index contributed by atoms with van der Waals surface area (Å²) in [4.78, 5) is 11.4. The van der Waals surface area contributed by atoms with Crippen LogP contribution in [0.25, 0.3) is 0 Å². The quantitative estimate of drug-likeness (QED) is 0.472. The third-order valence-electron chi connectivity index (χ3n) is 2.80. The van der Waals surface area contributed by atoms with Crippen LogP contribution in [0, 0.1) is 0 Å². The van der Waals surface area contributed by atoms with E-state index in [0.29, 0.717) is 0 Å². The van der Waals surface area contributed by atoms with E-state index in [9.17, 15) is 13.2 Å². The third kappa shape index (κ3) is 3.46. The van der Waals surface area contributed by atoms with Crippen LogP contribution >= 0.6 is 0 Å². The van der Waals surface area contributed by atoms with Crippen LogP contribution in [0.3, 0.4) is 0 Å². The number of hydrogen-bond acceptors (Lipinski definition) is 7. The fourth-order valence-corrected chi connectivity index (χ4v) is 2.68. The summed E-state index contributed by atoms with van der Waals surface area (Å²) in [7, 11) is -4.09. The highest BCUT2D eigenvalue weighted by molar-refractivity contribution is 7.86. The maximum absolute atomic E-state index is 12.2. The van der Waals surface area contributed by atoms with Crippen molar-refractivity contribution < 1.29 is 22.1 Å². The van der Waals surface area contributed by atoms with E-state index in [0.717, 1.165) is 0 Å². The van der Waals surface area contributed by atoms with Gasteiger partial charge in [-0.05, 0) is 24.3 Å². The molecule has 2 rings (SSSR count). The summed E-state index contributed by atoms with van der Waals surface area (Å²) in [5.74, 6) is -2.71. The van der Waals surface area contributed by atoms with Gasteiger partial charge in [0.25, 0.3) is 5.85 Å². The summed E-state index contributed by atoms with van der Waals surface area (Å²) in [6, 6.07) is 7.59. The minimum atomic E-state index is -4.09. The number of allylic oxidation sites excluding steroid dienone is 2. The topological polar surface area (TPSA) is 108 Å². The number of dihydropyridines is 1. The number of carbonyl (C=O) groups excluding carboxylic acids is 1. The number of hydrogen-bond donors (Lipinski definition) is 2. The van der Waals surface area contributed by atoms with Crippen molar-refractivity contribution in [2.75, 3.05) is 0 Å². The SMILES string of the molecule is CCC(=O)OC1(N)NC=CC=C1OS(=O)(=O)c1ccccc1. The van der Waals surface area contributed by atoms with Crippen LogP contribution in [-0.2, 0) is 23.8 Å². The van der Waals surface area contributed by atoms with Crippen molar-refractivity contribution in [1.82, 2.24) is 5.32 Å². The molecule has 3 N–H and O–H groups in total. The van der Waals surface area contributed by atoms with E-state index in [4.69, 9.17) is 14.7 Å². The Morgan fingerprint density at radius 2 is 2.00 bits per heavy atom. The molecule has 0 radical (unpaired) electrons. The number of rotatable bonds is 5. The van der Waals surface area contributed by atoms with Crippen LogP contribution in [0.1, 0.15) is 13.3 Å². The molecule has 1 atom stereocenters. The van der Waals surface area contributed by atoms with E-state index in [1.807, 2.05) is 0 Å². The average molecular weight is 324 g/mol. The Balaban J connectivity index is 2.28. The normalized spacial score (nSPS) is 20.7. The van der Waals surface area contributed by atoms with Gasteiger partial charge in [-0.25, -0.2) is 0 Å². The van der Waals surface area contributed by atoms with Crippen molar-refractivity contribution >= 4 is 16.1 Å². The van der Waals surface area contributed by atoms with Crippen LogP contribution < -0.4 is 11.1 Å². The van der Waals surface area contributed by atoms with E-state index >= 15 is 0 Å². The third-order valence-corrected chi connectivity index (χ3v) is 4.05. The van der Waals surface area contributed by atoms with E-state index in [-0.39, 0.29) is 17.1 Å². The van der Waals surface area contributed by atoms with Gasteiger partial charge in [-0.2, -0.15) is 8.42 Å². The molecule has 0 fully saturated rings. The number of carbonyl (C=O) groups is 1. The Bertz CT molecular complexity index is 712. The number of ether oxygens (including phenoxy) is 1. The molecule has 1 aliphatic rings. The van der Waals surface area contributed by atoms with Crippen molar-refractivity contribution in [3.8, 4) is 0 Å². The molecule has 0 aliphatic carbocycles. The number of nitrogens with two attached hydrogens (primary N) is 1. The fourth-order valence-electron chi connectivity index (χ4n) is 1.68. The Morgan fingerprint density at radius 1 is 1.32 bits per heavy atom. The largest absolute Gasteiger partial charge is 0.417 e. The predicted octanol–water partition coefficient (Wildman–Crippen LogP) is 0.958. The molecule has 0 saturated heterocycles. The van der Waals surface area contributed by atoms with Gasteiger partial charge in [0.05, 0.1) is 0 Å². The van der Waals surface area contributed by atoms with Crippen molar-refractivity contribution in [2.24, 2.45) is 5.73 Å². The average Bonchev–Trinajstić information content (AvgIpc) is 2.50. The van der Waals surface area contributed by atoms with Crippen LogP contribution in [0.4, 0.5) is 0 Å². The highest BCUT2D eigenvalue weighted by Crippen LogP contribution is 2.24. The lowest BCUT2D eigenvalue weighted by molar-refractivity contribution is -0.160. The first-order valence-electron chi connectivity index (χ1n) is 6.52. The first-order valence-corrected chi connectivity index (χ1v) is 7.93. The van der Waals surface area contributed by atoms with E-state index in [1.165, 1.54) is 30.5 Å². The van der Waals surface area contributed by atoms with Crippen molar-refractivity contribution in [3.63, 3.8) is 0 Å². The highest BCUT2D eigenvalue weighted by Gasteiger charge is 2.39. The predicted molar refractivity (Wildman–Crippen MR) is 78.4 cm³/mol. The molecule has 22 heavy (non-hydrogen) atoms. The second-order valence-corrected chi connectivity index (χ2v) is 5.99. The molecule has 0 bridgehead atoms. The van der Waals surface area contributed by atoms with Crippen molar-refractivity contribution in [2.45, 2.75) is 24.1 Å². The maximum atomic E-state index is 12.2. The molecule has 7 nitrogen and oxygen atoms in total. The minimum Gasteiger partial charge on any atom is -0.417 e. The zero-order valence-electron chi connectivity index (χ0n) is 11.9. The summed E-state index contributed by atoms with van der Waals surface area (Å²) in [5, 5.41) is 2.58. The van der Waals surface area contributed by atoms with Gasteiger partial charge in [-0.1, -0.05) is 25.1 Å². The maximum Gasteiger partial charge on any atom is 0.339 e. The molecule has 1 aliphatic heterocycles. The summed E-state index contributed by atoms with van der Waals surface area (Å²) in [5.41, 5.74) is 5.90. The zero-order chi connectivity index (χ0) is 16.2. The van der Waals surface area contributed by atoms with Gasteiger partial charge >= 0.3 is 16.1 Å². The van der Waals surface area contributed by atoms with E-state index < -0.39 is 21.9 Å². The molecule has 8 heteroatoms. The second-order valence-electron chi connectivity index (χ2n) is 4.45. The zero-order valence-corrected chi connectivity index (χ0v) is 12.7. The smallest absolute Gasteiger partial charge is 0.339 e. The summed E-state index contributed by atoms with van der Waals surface area (Å²) < 4.78 is 34.5. The first kappa shape index (κ1) is 16.1. The molecular formula is C14H16N2O5S. The van der Waals surface area contributed by atoms with Gasteiger partial charge in [0, 0.05) is 12.6 Å². The molecule has 1 aromatic rings.